The second kappa shape index (κ2) is 4.79. The van der Waals surface area contributed by atoms with Gasteiger partial charge in [-0.05, 0) is 18.3 Å². The van der Waals surface area contributed by atoms with Crippen molar-refractivity contribution in [1.29, 1.82) is 0 Å². The minimum atomic E-state index is 1.07. The molecule has 66 valence electrons. The van der Waals surface area contributed by atoms with E-state index in [1.807, 2.05) is 0 Å². The van der Waals surface area contributed by atoms with E-state index >= 15 is 0 Å². The lowest BCUT2D eigenvalue weighted by Crippen LogP contribution is -2.00. The zero-order valence-electron chi connectivity index (χ0n) is 8.10. The molecule has 0 saturated heterocycles. The molecule has 0 aromatic heterocycles. The molecule has 0 heterocycles. The van der Waals surface area contributed by atoms with E-state index in [-0.39, 0.29) is 0 Å². The minimum absolute atomic E-state index is 1.07. The molecule has 0 aliphatic heterocycles. The van der Waals surface area contributed by atoms with Crippen LogP contribution in [0.1, 0.15) is 58.8 Å². The van der Waals surface area contributed by atoms with Gasteiger partial charge < -0.3 is 0 Å². The van der Waals surface area contributed by atoms with Crippen molar-refractivity contribution in [3.63, 3.8) is 0 Å². The summed E-state index contributed by atoms with van der Waals surface area (Å²) in [6, 6.07) is 0. The highest BCUT2D eigenvalue weighted by Crippen LogP contribution is 2.37. The summed E-state index contributed by atoms with van der Waals surface area (Å²) in [6.07, 6.45) is 10.3. The van der Waals surface area contributed by atoms with Crippen LogP contribution in [0.2, 0.25) is 0 Å². The van der Waals surface area contributed by atoms with E-state index in [9.17, 15) is 0 Å². The van der Waals surface area contributed by atoms with Crippen molar-refractivity contribution in [2.75, 3.05) is 0 Å². The van der Waals surface area contributed by atoms with Crippen molar-refractivity contribution in [2.24, 2.45) is 11.8 Å². The van der Waals surface area contributed by atoms with Gasteiger partial charge in [0.1, 0.15) is 0 Å². The zero-order valence-corrected chi connectivity index (χ0v) is 8.10. The molecule has 1 rings (SSSR count). The normalized spacial score (nSPS) is 17.7. The van der Waals surface area contributed by atoms with Crippen LogP contribution in [-0.2, 0) is 0 Å². The summed E-state index contributed by atoms with van der Waals surface area (Å²) < 4.78 is 0. The topological polar surface area (TPSA) is 0 Å². The molecule has 0 N–H and O–H groups in total. The summed E-state index contributed by atoms with van der Waals surface area (Å²) in [5.41, 5.74) is 0. The first-order chi connectivity index (χ1) is 5.36. The van der Waals surface area contributed by atoms with Crippen molar-refractivity contribution in [1.82, 2.24) is 0 Å². The van der Waals surface area contributed by atoms with Crippen molar-refractivity contribution in [3.8, 4) is 0 Å². The molecule has 0 nitrogen and oxygen atoms in total. The van der Waals surface area contributed by atoms with Gasteiger partial charge in [0.15, 0.2) is 0 Å². The third kappa shape index (κ3) is 3.79. The van der Waals surface area contributed by atoms with Crippen LogP contribution < -0.4 is 0 Å². The van der Waals surface area contributed by atoms with Crippen LogP contribution >= 0.6 is 0 Å². The maximum atomic E-state index is 2.32. The van der Waals surface area contributed by atoms with Crippen molar-refractivity contribution < 1.29 is 0 Å². The third-order valence-electron chi connectivity index (χ3n) is 2.76. The van der Waals surface area contributed by atoms with Crippen molar-refractivity contribution in [2.45, 2.75) is 58.8 Å². The Hall–Kier alpha value is 0. The Morgan fingerprint density at radius 2 is 1.64 bits per heavy atom. The van der Waals surface area contributed by atoms with Crippen molar-refractivity contribution >= 4 is 0 Å². The van der Waals surface area contributed by atoms with Gasteiger partial charge in [0, 0.05) is 0 Å². The molecule has 0 radical (unpaired) electrons. The predicted molar refractivity (Wildman–Crippen MR) is 50.6 cm³/mol. The molecule has 0 amide bonds. The fourth-order valence-corrected chi connectivity index (χ4v) is 2.02. The summed E-state index contributed by atoms with van der Waals surface area (Å²) in [5, 5.41) is 0. The number of hydrogen-bond acceptors (Lipinski definition) is 0. The zero-order chi connectivity index (χ0) is 8.10. The number of hydrogen-bond donors (Lipinski definition) is 0. The predicted octanol–water partition coefficient (Wildman–Crippen LogP) is 4.00. The van der Waals surface area contributed by atoms with E-state index in [1.54, 1.807) is 6.42 Å². The van der Waals surface area contributed by atoms with Gasteiger partial charge in [0.25, 0.3) is 0 Å². The molecule has 1 aliphatic rings. The van der Waals surface area contributed by atoms with Gasteiger partial charge in [-0.15, -0.1) is 0 Å². The first-order valence-corrected chi connectivity index (χ1v) is 5.36. The summed E-state index contributed by atoms with van der Waals surface area (Å²) in [7, 11) is 0. The Morgan fingerprint density at radius 3 is 2.00 bits per heavy atom. The van der Waals surface area contributed by atoms with E-state index in [0.29, 0.717) is 0 Å². The van der Waals surface area contributed by atoms with Gasteiger partial charge in [0.05, 0.1) is 0 Å². The quantitative estimate of drug-likeness (QED) is 0.542. The van der Waals surface area contributed by atoms with Crippen LogP contribution in [0.15, 0.2) is 0 Å². The molecular formula is C11H22. The van der Waals surface area contributed by atoms with Crippen LogP contribution in [0.4, 0.5) is 0 Å². The Bertz CT molecular complexity index is 86.2. The second-order valence-electron chi connectivity index (χ2n) is 4.12. The maximum absolute atomic E-state index is 2.32. The highest BCUT2D eigenvalue weighted by Gasteiger charge is 2.24. The second-order valence-corrected chi connectivity index (χ2v) is 4.12. The highest BCUT2D eigenvalue weighted by atomic mass is 14.3. The van der Waals surface area contributed by atoms with E-state index in [2.05, 4.69) is 13.8 Å². The summed E-state index contributed by atoms with van der Waals surface area (Å²) in [6.45, 7) is 4.63. The summed E-state index contributed by atoms with van der Waals surface area (Å²) >= 11 is 0. The molecule has 0 bridgehead atoms. The van der Waals surface area contributed by atoms with Gasteiger partial charge in [-0.25, -0.2) is 0 Å². The average Bonchev–Trinajstić information content (AvgIpc) is 2.73. The van der Waals surface area contributed by atoms with Gasteiger partial charge in [-0.1, -0.05) is 52.4 Å². The molecule has 0 aromatic carbocycles. The number of rotatable bonds is 6. The van der Waals surface area contributed by atoms with Gasteiger partial charge in [-0.2, -0.15) is 0 Å². The fraction of sp³-hybridized carbons (Fsp3) is 1.00. The largest absolute Gasteiger partial charge is 0.0654 e. The Morgan fingerprint density at radius 1 is 1.09 bits per heavy atom. The third-order valence-corrected chi connectivity index (χ3v) is 2.76. The molecule has 0 atom stereocenters. The lowest BCUT2D eigenvalue weighted by molar-refractivity contribution is 0.390. The molecule has 0 aromatic rings. The standard InChI is InChI=1S/C11H22/c1-3-5-10(6-4-2)9-11-7-8-11/h10-11H,3-9H2,1-2H3. The summed E-state index contributed by atoms with van der Waals surface area (Å²) in [5.74, 6) is 2.20. The van der Waals surface area contributed by atoms with Crippen molar-refractivity contribution in [3.05, 3.63) is 0 Å². The van der Waals surface area contributed by atoms with Crippen LogP contribution in [0.5, 0.6) is 0 Å². The monoisotopic (exact) mass is 154 g/mol. The van der Waals surface area contributed by atoms with E-state index in [1.165, 1.54) is 38.5 Å². The van der Waals surface area contributed by atoms with E-state index < -0.39 is 0 Å². The van der Waals surface area contributed by atoms with Crippen LogP contribution in [0, 0.1) is 11.8 Å². The molecule has 0 heteroatoms. The van der Waals surface area contributed by atoms with Gasteiger partial charge in [-0.3, -0.25) is 0 Å². The molecule has 0 unspecified atom stereocenters. The van der Waals surface area contributed by atoms with Gasteiger partial charge in [0.2, 0.25) is 0 Å². The Kier molecular flexibility index (Phi) is 3.96. The van der Waals surface area contributed by atoms with Gasteiger partial charge >= 0.3 is 0 Å². The average molecular weight is 154 g/mol. The maximum Gasteiger partial charge on any atom is -0.0411 e. The van der Waals surface area contributed by atoms with Crippen LogP contribution in [0.3, 0.4) is 0 Å². The Balaban J connectivity index is 2.08. The lowest BCUT2D eigenvalue weighted by Gasteiger charge is -2.13. The lowest BCUT2D eigenvalue weighted by atomic mass is 9.93. The molecule has 1 saturated carbocycles. The smallest absolute Gasteiger partial charge is 0.0411 e. The minimum Gasteiger partial charge on any atom is -0.0654 e. The molecule has 11 heavy (non-hydrogen) atoms. The van der Waals surface area contributed by atoms with E-state index in [4.69, 9.17) is 0 Å². The molecule has 1 aliphatic carbocycles. The molecular weight excluding hydrogens is 132 g/mol. The molecule has 1 fully saturated rings. The van der Waals surface area contributed by atoms with E-state index in [0.717, 1.165) is 11.8 Å². The Labute approximate surface area is 71.4 Å². The molecule has 0 spiro atoms. The SMILES string of the molecule is CCCC(CCC)CC1CC1. The fourth-order valence-electron chi connectivity index (χ4n) is 2.02. The first kappa shape index (κ1) is 9.09. The van der Waals surface area contributed by atoms with Crippen LogP contribution in [0.25, 0.3) is 0 Å². The highest BCUT2D eigenvalue weighted by molar-refractivity contribution is 4.76. The van der Waals surface area contributed by atoms with Crippen LogP contribution in [-0.4, -0.2) is 0 Å². The summed E-state index contributed by atoms with van der Waals surface area (Å²) in [4.78, 5) is 0. The first-order valence-electron chi connectivity index (χ1n) is 5.36.